The molecule has 0 heterocycles. The van der Waals surface area contributed by atoms with Crippen LogP contribution in [-0.2, 0) is 4.79 Å². The van der Waals surface area contributed by atoms with Gasteiger partial charge in [-0.1, -0.05) is 26.0 Å². The molecule has 34 heavy (non-hydrogen) atoms. The van der Waals surface area contributed by atoms with Crippen LogP contribution in [0.5, 0.6) is 0 Å². The summed E-state index contributed by atoms with van der Waals surface area (Å²) in [6.45, 7) is 7.10. The Balaban J connectivity index is 2.01. The number of hydrogen-bond acceptors (Lipinski definition) is 7. The van der Waals surface area contributed by atoms with Crippen molar-refractivity contribution < 1.29 is 14.7 Å². The first-order valence-corrected chi connectivity index (χ1v) is 12.0. The van der Waals surface area contributed by atoms with Crippen molar-refractivity contribution in [3.05, 3.63) is 35.4 Å². The van der Waals surface area contributed by atoms with Gasteiger partial charge in [0.25, 0.3) is 5.91 Å². The third-order valence-electron chi connectivity index (χ3n) is 6.82. The number of rotatable bonds is 13. The van der Waals surface area contributed by atoms with Crippen molar-refractivity contribution in [3.63, 3.8) is 0 Å². The minimum Gasteiger partial charge on any atom is -0.381 e. The van der Waals surface area contributed by atoms with Gasteiger partial charge in [-0.25, -0.2) is 0 Å². The van der Waals surface area contributed by atoms with E-state index in [1.165, 1.54) is 0 Å². The van der Waals surface area contributed by atoms with Crippen molar-refractivity contribution in [2.24, 2.45) is 11.7 Å². The molecule has 1 saturated carbocycles. The summed E-state index contributed by atoms with van der Waals surface area (Å²) < 4.78 is 0. The molecule has 4 unspecified atom stereocenters. The third-order valence-corrected chi connectivity index (χ3v) is 6.82. The van der Waals surface area contributed by atoms with Gasteiger partial charge in [0.05, 0.1) is 18.8 Å². The number of aliphatic hydroxyl groups is 1. The lowest BCUT2D eigenvalue weighted by atomic mass is 10.0. The number of aliphatic hydroxyl groups excluding tert-OH is 1. The van der Waals surface area contributed by atoms with Crippen molar-refractivity contribution in [3.8, 4) is 6.07 Å². The van der Waals surface area contributed by atoms with Crippen molar-refractivity contribution >= 4 is 11.8 Å². The predicted octanol–water partition coefficient (Wildman–Crippen LogP) is 1.16. The molecule has 1 aliphatic rings. The number of benzene rings is 1. The number of carbonyl (C=O) groups is 2. The summed E-state index contributed by atoms with van der Waals surface area (Å²) >= 11 is 0. The molecular formula is C25H40N6O3. The fourth-order valence-corrected chi connectivity index (χ4v) is 4.50. The molecular weight excluding hydrogens is 432 g/mol. The lowest BCUT2D eigenvalue weighted by Gasteiger charge is -2.37. The van der Waals surface area contributed by atoms with Crippen molar-refractivity contribution in [2.75, 3.05) is 40.5 Å². The molecule has 1 aliphatic carbocycles. The Morgan fingerprint density at radius 1 is 1.29 bits per heavy atom. The van der Waals surface area contributed by atoms with E-state index in [1.807, 2.05) is 35.9 Å². The smallest absolute Gasteiger partial charge is 0.251 e. The van der Waals surface area contributed by atoms with Crippen LogP contribution in [-0.4, -0.2) is 90.2 Å². The van der Waals surface area contributed by atoms with E-state index < -0.39 is 6.04 Å². The van der Waals surface area contributed by atoms with Gasteiger partial charge in [0.2, 0.25) is 5.91 Å². The molecule has 0 radical (unpaired) electrons. The SMILES string of the molecule is CC[C@@H](CN(C)CC(N)C(=O)N(CC#N)C1CC1C)N(CO)C(C)c1ccc(C(=O)NC)cc1. The van der Waals surface area contributed by atoms with Crippen LogP contribution in [0.25, 0.3) is 0 Å². The molecule has 2 rings (SSSR count). The van der Waals surface area contributed by atoms with E-state index in [9.17, 15) is 14.7 Å². The molecule has 188 valence electrons. The Morgan fingerprint density at radius 3 is 2.38 bits per heavy atom. The maximum absolute atomic E-state index is 12.9. The zero-order valence-corrected chi connectivity index (χ0v) is 21.1. The number of hydrogen-bond donors (Lipinski definition) is 3. The molecule has 2 amide bonds. The van der Waals surface area contributed by atoms with Gasteiger partial charge in [-0.3, -0.25) is 14.5 Å². The largest absolute Gasteiger partial charge is 0.381 e. The first-order valence-electron chi connectivity index (χ1n) is 12.0. The second kappa shape index (κ2) is 12.8. The van der Waals surface area contributed by atoms with E-state index in [1.54, 1.807) is 24.1 Å². The summed E-state index contributed by atoms with van der Waals surface area (Å²) in [5.41, 5.74) is 7.84. The van der Waals surface area contributed by atoms with E-state index in [2.05, 4.69) is 25.2 Å². The van der Waals surface area contributed by atoms with Gasteiger partial charge in [-0.05, 0) is 50.4 Å². The number of amides is 2. The van der Waals surface area contributed by atoms with Gasteiger partial charge in [0.15, 0.2) is 0 Å². The van der Waals surface area contributed by atoms with Gasteiger partial charge in [-0.2, -0.15) is 5.26 Å². The van der Waals surface area contributed by atoms with Gasteiger partial charge in [-0.15, -0.1) is 0 Å². The van der Waals surface area contributed by atoms with Crippen LogP contribution in [0, 0.1) is 17.2 Å². The molecule has 1 aromatic carbocycles. The fourth-order valence-electron chi connectivity index (χ4n) is 4.50. The number of likely N-dealkylation sites (N-methyl/N-ethyl adjacent to an activating group) is 1. The molecule has 0 bridgehead atoms. The van der Waals surface area contributed by atoms with E-state index >= 15 is 0 Å². The fraction of sp³-hybridized carbons (Fsp3) is 0.640. The summed E-state index contributed by atoms with van der Waals surface area (Å²) in [4.78, 5) is 30.3. The number of nitrogens with two attached hydrogens (primary N) is 1. The molecule has 0 spiro atoms. The van der Waals surface area contributed by atoms with Crippen LogP contribution in [0.4, 0.5) is 0 Å². The first kappa shape index (κ1) is 27.7. The quantitative estimate of drug-likeness (QED) is 0.290. The summed E-state index contributed by atoms with van der Waals surface area (Å²) in [5.74, 6) is 0.0951. The molecule has 9 heteroatoms. The average Bonchev–Trinajstić information content (AvgIpc) is 3.56. The standard InChI is InChI=1S/C25H40N6O3/c1-6-21(31(16-32)18(3)19-7-9-20(10-8-19)24(33)28-4)14-29(5)15-22(27)25(34)30(12-11-26)23-13-17(23)2/h7-10,17-18,21-23,32H,6,12-16,27H2,1-5H3,(H,28,33)/t17?,18?,21-,22?,23?/m0/s1. The summed E-state index contributed by atoms with van der Waals surface area (Å²) in [5, 5.41) is 21.9. The highest BCUT2D eigenvalue weighted by Gasteiger charge is 2.41. The molecule has 0 aromatic heterocycles. The van der Waals surface area contributed by atoms with E-state index in [4.69, 9.17) is 11.0 Å². The highest BCUT2D eigenvalue weighted by Crippen LogP contribution is 2.35. The number of carbonyl (C=O) groups excluding carboxylic acids is 2. The van der Waals surface area contributed by atoms with E-state index in [0.717, 1.165) is 18.4 Å². The lowest BCUT2D eigenvalue weighted by molar-refractivity contribution is -0.133. The topological polar surface area (TPSA) is 126 Å². The highest BCUT2D eigenvalue weighted by atomic mass is 16.3. The number of nitriles is 1. The maximum atomic E-state index is 12.9. The van der Waals surface area contributed by atoms with Crippen molar-refractivity contribution in [2.45, 2.75) is 57.8 Å². The van der Waals surface area contributed by atoms with Crippen LogP contribution in [0.3, 0.4) is 0 Å². The van der Waals surface area contributed by atoms with Crippen LogP contribution >= 0.6 is 0 Å². The first-order chi connectivity index (χ1) is 16.2. The lowest BCUT2D eigenvalue weighted by Crippen LogP contribution is -2.52. The summed E-state index contributed by atoms with van der Waals surface area (Å²) in [6.07, 6.45) is 1.72. The molecule has 0 saturated heterocycles. The number of nitrogens with zero attached hydrogens (tertiary/aromatic N) is 4. The third kappa shape index (κ3) is 7.00. The molecule has 5 atom stereocenters. The Morgan fingerprint density at radius 2 is 1.91 bits per heavy atom. The second-order valence-corrected chi connectivity index (χ2v) is 9.33. The molecule has 0 aliphatic heterocycles. The van der Waals surface area contributed by atoms with Crippen molar-refractivity contribution in [1.82, 2.24) is 20.0 Å². The zero-order valence-electron chi connectivity index (χ0n) is 21.1. The normalized spacial score (nSPS) is 19.9. The molecule has 4 N–H and O–H groups in total. The maximum Gasteiger partial charge on any atom is 0.251 e. The Kier molecular flexibility index (Phi) is 10.5. The Labute approximate surface area is 203 Å². The van der Waals surface area contributed by atoms with Gasteiger partial charge in [0, 0.05) is 43.8 Å². The van der Waals surface area contributed by atoms with Gasteiger partial charge >= 0.3 is 0 Å². The Bertz CT molecular complexity index is 855. The van der Waals surface area contributed by atoms with Crippen molar-refractivity contribution in [1.29, 1.82) is 5.26 Å². The van der Waals surface area contributed by atoms with E-state index in [0.29, 0.717) is 24.6 Å². The van der Waals surface area contributed by atoms with E-state index in [-0.39, 0.29) is 43.2 Å². The minimum absolute atomic E-state index is 0.0320. The van der Waals surface area contributed by atoms with Crippen LogP contribution in [0.15, 0.2) is 24.3 Å². The number of nitrogens with one attached hydrogen (secondary N) is 1. The zero-order chi connectivity index (χ0) is 25.4. The molecule has 9 nitrogen and oxygen atoms in total. The average molecular weight is 473 g/mol. The summed E-state index contributed by atoms with van der Waals surface area (Å²) in [6, 6.07) is 8.84. The highest BCUT2D eigenvalue weighted by molar-refractivity contribution is 5.93. The predicted molar refractivity (Wildman–Crippen MR) is 132 cm³/mol. The van der Waals surface area contributed by atoms with Gasteiger partial charge in [0.1, 0.15) is 6.54 Å². The summed E-state index contributed by atoms with van der Waals surface area (Å²) in [7, 11) is 3.52. The molecule has 1 aromatic rings. The second-order valence-electron chi connectivity index (χ2n) is 9.33. The van der Waals surface area contributed by atoms with Crippen LogP contribution < -0.4 is 11.1 Å². The van der Waals surface area contributed by atoms with Crippen LogP contribution in [0.1, 0.15) is 55.6 Å². The monoisotopic (exact) mass is 472 g/mol. The minimum atomic E-state index is -0.707. The Hall–Kier alpha value is -2.51. The van der Waals surface area contributed by atoms with Crippen LogP contribution in [0.2, 0.25) is 0 Å². The molecule has 1 fully saturated rings. The van der Waals surface area contributed by atoms with Gasteiger partial charge < -0.3 is 26.0 Å².